The fraction of sp³-hybridized carbons (Fsp3) is 0.692. The highest BCUT2D eigenvalue weighted by atomic mass is 32.2. The van der Waals surface area contributed by atoms with Gasteiger partial charge in [-0.25, -0.2) is 13.2 Å². The number of sulfonamides is 1. The topological polar surface area (TPSA) is 84.6 Å². The highest BCUT2D eigenvalue weighted by Gasteiger charge is 2.35. The molecule has 0 aromatic carbocycles. The molecule has 0 N–H and O–H groups in total. The van der Waals surface area contributed by atoms with Crippen LogP contribution in [0.3, 0.4) is 0 Å². The van der Waals surface area contributed by atoms with Crippen LogP contribution in [0.1, 0.15) is 6.42 Å². The third-order valence-electron chi connectivity index (χ3n) is 3.90. The first kappa shape index (κ1) is 16.9. The zero-order valence-electron chi connectivity index (χ0n) is 13.3. The number of hydrogen-bond acceptors (Lipinski definition) is 5. The molecule has 1 unspecified atom stereocenters. The van der Waals surface area contributed by atoms with Crippen LogP contribution in [0, 0.1) is 5.92 Å². The summed E-state index contributed by atoms with van der Waals surface area (Å²) in [7, 11) is 2.72. The zero-order chi connectivity index (χ0) is 16.7. The molecule has 1 fully saturated rings. The largest absolute Gasteiger partial charge is 0.330 e. The molecule has 1 aromatic heterocycles. The van der Waals surface area contributed by atoms with Gasteiger partial charge in [-0.2, -0.15) is 4.31 Å². The Morgan fingerprint density at radius 2 is 1.91 bits per heavy atom. The molecule has 1 aliphatic rings. The van der Waals surface area contributed by atoms with Crippen molar-refractivity contribution >= 4 is 10.0 Å². The summed E-state index contributed by atoms with van der Waals surface area (Å²) in [5.74, 6) is 0.251. The van der Waals surface area contributed by atoms with Crippen molar-refractivity contribution in [1.82, 2.24) is 18.3 Å². The van der Waals surface area contributed by atoms with E-state index in [4.69, 9.17) is 0 Å². The van der Waals surface area contributed by atoms with E-state index in [1.807, 2.05) is 19.0 Å². The van der Waals surface area contributed by atoms with Gasteiger partial charge in [-0.3, -0.25) is 9.36 Å². The van der Waals surface area contributed by atoms with Crippen LogP contribution in [0.5, 0.6) is 0 Å². The number of rotatable bonds is 4. The van der Waals surface area contributed by atoms with Gasteiger partial charge in [0.2, 0.25) is 10.0 Å². The van der Waals surface area contributed by atoms with Crippen molar-refractivity contribution in [3.63, 3.8) is 0 Å². The molecule has 1 saturated heterocycles. The Balaban J connectivity index is 2.37. The minimum Gasteiger partial charge on any atom is -0.309 e. The Morgan fingerprint density at radius 3 is 2.50 bits per heavy atom. The molecular formula is C13H22N4O4S. The Bertz CT molecular complexity index is 778. The predicted molar refractivity (Wildman–Crippen MR) is 82.3 cm³/mol. The van der Waals surface area contributed by atoms with E-state index in [-0.39, 0.29) is 10.8 Å². The normalized spacial score (nSPS) is 20.0. The molecule has 1 atom stereocenters. The van der Waals surface area contributed by atoms with Crippen LogP contribution in [0.25, 0.3) is 0 Å². The van der Waals surface area contributed by atoms with Crippen LogP contribution in [0.2, 0.25) is 0 Å². The number of aromatic nitrogens is 2. The molecule has 0 radical (unpaired) electrons. The Hall–Kier alpha value is -1.45. The number of aryl methyl sites for hydroxylation is 1. The maximum Gasteiger partial charge on any atom is 0.330 e. The third-order valence-corrected chi connectivity index (χ3v) is 5.75. The first-order valence-corrected chi connectivity index (χ1v) is 8.50. The molecule has 0 spiro atoms. The van der Waals surface area contributed by atoms with E-state index in [1.54, 1.807) is 0 Å². The van der Waals surface area contributed by atoms with Crippen molar-refractivity contribution in [2.45, 2.75) is 11.3 Å². The highest BCUT2D eigenvalue weighted by molar-refractivity contribution is 7.89. The highest BCUT2D eigenvalue weighted by Crippen LogP contribution is 2.22. The fourth-order valence-electron chi connectivity index (χ4n) is 2.77. The van der Waals surface area contributed by atoms with Gasteiger partial charge < -0.3 is 9.47 Å². The maximum atomic E-state index is 12.7. The molecule has 124 valence electrons. The van der Waals surface area contributed by atoms with Crippen LogP contribution in [0.4, 0.5) is 0 Å². The van der Waals surface area contributed by atoms with Gasteiger partial charge in [0.05, 0.1) is 0 Å². The molecule has 0 bridgehead atoms. The van der Waals surface area contributed by atoms with Crippen LogP contribution in [-0.2, 0) is 24.1 Å². The lowest BCUT2D eigenvalue weighted by Gasteiger charge is -2.18. The molecular weight excluding hydrogens is 308 g/mol. The van der Waals surface area contributed by atoms with E-state index in [1.165, 1.54) is 18.4 Å². The lowest BCUT2D eigenvalue weighted by atomic mass is 10.1. The van der Waals surface area contributed by atoms with Crippen molar-refractivity contribution in [2.75, 3.05) is 33.7 Å². The minimum absolute atomic E-state index is 0.251. The van der Waals surface area contributed by atoms with E-state index >= 15 is 0 Å². The first-order chi connectivity index (χ1) is 10.1. The average molecular weight is 330 g/mol. The Labute approximate surface area is 129 Å². The average Bonchev–Trinajstić information content (AvgIpc) is 2.88. The molecule has 2 rings (SSSR count). The zero-order valence-corrected chi connectivity index (χ0v) is 14.1. The summed E-state index contributed by atoms with van der Waals surface area (Å²) in [5.41, 5.74) is -1.32. The summed E-state index contributed by atoms with van der Waals surface area (Å²) in [5, 5.41) is 0. The van der Waals surface area contributed by atoms with Gasteiger partial charge in [-0.1, -0.05) is 0 Å². The molecule has 1 aliphatic heterocycles. The van der Waals surface area contributed by atoms with Gasteiger partial charge in [0, 0.05) is 39.9 Å². The summed E-state index contributed by atoms with van der Waals surface area (Å²) in [6, 6.07) is 0. The smallest absolute Gasteiger partial charge is 0.309 e. The second-order valence-corrected chi connectivity index (χ2v) is 7.94. The fourth-order valence-corrected chi connectivity index (χ4v) is 4.45. The van der Waals surface area contributed by atoms with Gasteiger partial charge in [0.1, 0.15) is 0 Å². The summed E-state index contributed by atoms with van der Waals surface area (Å²) in [6.07, 6.45) is 1.88. The molecule has 22 heavy (non-hydrogen) atoms. The molecule has 0 amide bonds. The lowest BCUT2D eigenvalue weighted by Crippen LogP contribution is -2.42. The molecule has 0 aliphatic carbocycles. The van der Waals surface area contributed by atoms with Crippen molar-refractivity contribution in [1.29, 1.82) is 0 Å². The molecule has 9 heteroatoms. The van der Waals surface area contributed by atoms with Crippen molar-refractivity contribution < 1.29 is 8.42 Å². The van der Waals surface area contributed by atoms with Gasteiger partial charge in [-0.15, -0.1) is 0 Å². The quantitative estimate of drug-likeness (QED) is 0.682. The van der Waals surface area contributed by atoms with Gasteiger partial charge in [0.15, 0.2) is 4.90 Å². The second kappa shape index (κ2) is 5.98. The summed E-state index contributed by atoms with van der Waals surface area (Å²) in [6.45, 7) is 1.59. The summed E-state index contributed by atoms with van der Waals surface area (Å²) < 4.78 is 28.6. The van der Waals surface area contributed by atoms with Gasteiger partial charge >= 0.3 is 5.69 Å². The number of hydrogen-bond donors (Lipinski definition) is 0. The monoisotopic (exact) mass is 330 g/mol. The van der Waals surface area contributed by atoms with E-state index in [9.17, 15) is 18.0 Å². The van der Waals surface area contributed by atoms with Gasteiger partial charge in [0.25, 0.3) is 5.56 Å². The van der Waals surface area contributed by atoms with Crippen molar-refractivity contribution in [2.24, 2.45) is 20.0 Å². The minimum atomic E-state index is -3.88. The Kier molecular flexibility index (Phi) is 4.59. The van der Waals surface area contributed by atoms with Crippen LogP contribution < -0.4 is 11.2 Å². The van der Waals surface area contributed by atoms with Gasteiger partial charge in [-0.05, 0) is 26.4 Å². The predicted octanol–water partition coefficient (Wildman–Crippen LogP) is -1.34. The lowest BCUT2D eigenvalue weighted by molar-refractivity contribution is 0.329. The van der Waals surface area contributed by atoms with Crippen LogP contribution in [-0.4, -0.2) is 60.5 Å². The third kappa shape index (κ3) is 3.01. The molecule has 1 aromatic rings. The maximum absolute atomic E-state index is 12.7. The standard InChI is InChI=1S/C13H22N4O4S/c1-14(2)7-10-5-6-17(8-10)22(20,21)11-9-15(3)13(19)16(4)12(11)18/h9-10H,5-8H2,1-4H3. The first-order valence-electron chi connectivity index (χ1n) is 7.06. The van der Waals surface area contributed by atoms with Crippen LogP contribution >= 0.6 is 0 Å². The summed E-state index contributed by atoms with van der Waals surface area (Å²) in [4.78, 5) is 25.5. The van der Waals surface area contributed by atoms with Crippen molar-refractivity contribution in [3.05, 3.63) is 27.0 Å². The van der Waals surface area contributed by atoms with E-state index < -0.39 is 21.3 Å². The number of nitrogens with zero attached hydrogens (tertiary/aromatic N) is 4. The van der Waals surface area contributed by atoms with E-state index in [2.05, 4.69) is 0 Å². The molecule has 0 saturated carbocycles. The molecule has 2 heterocycles. The molecule has 8 nitrogen and oxygen atoms in total. The van der Waals surface area contributed by atoms with Crippen LogP contribution in [0.15, 0.2) is 20.7 Å². The second-order valence-electron chi connectivity index (χ2n) is 6.03. The Morgan fingerprint density at radius 1 is 1.27 bits per heavy atom. The SMILES string of the molecule is CN(C)CC1CCN(S(=O)(=O)c2cn(C)c(=O)n(C)c2=O)C1. The summed E-state index contributed by atoms with van der Waals surface area (Å²) >= 11 is 0. The van der Waals surface area contributed by atoms with Crippen molar-refractivity contribution in [3.8, 4) is 0 Å². The van der Waals surface area contributed by atoms with E-state index in [0.717, 1.165) is 28.3 Å². The van der Waals surface area contributed by atoms with E-state index in [0.29, 0.717) is 13.1 Å².